The highest BCUT2D eigenvalue weighted by Gasteiger charge is 2.27. The average molecular weight is 341 g/mol. The Balaban J connectivity index is 2.30. The third kappa shape index (κ3) is 4.14. The lowest BCUT2D eigenvalue weighted by Gasteiger charge is -2.19. The van der Waals surface area contributed by atoms with Crippen molar-refractivity contribution in [1.29, 1.82) is 0 Å². The molecular weight excluding hydrogens is 322 g/mol. The summed E-state index contributed by atoms with van der Waals surface area (Å²) < 4.78 is 5.17. The lowest BCUT2D eigenvalue weighted by Crippen LogP contribution is -2.42. The maximum Gasteiger partial charge on any atom is 0.323 e. The first-order chi connectivity index (χ1) is 11.8. The molecule has 0 aliphatic heterocycles. The Hall–Kier alpha value is -3.35. The molecule has 0 saturated heterocycles. The Morgan fingerprint density at radius 2 is 1.84 bits per heavy atom. The number of carbonyl (C=O) groups excluding carboxylic acids is 3. The predicted molar refractivity (Wildman–Crippen MR) is 95.4 cm³/mol. The molecule has 3 N–H and O–H groups in total. The van der Waals surface area contributed by atoms with E-state index in [1.165, 1.54) is 26.2 Å². The number of hydrogen-bond donors (Lipinski definition) is 2. The number of carbonyl (C=O) groups is 3. The first-order valence-electron chi connectivity index (χ1n) is 7.49. The second-order valence-electron chi connectivity index (χ2n) is 5.41. The molecule has 0 fully saturated rings. The van der Waals surface area contributed by atoms with Crippen molar-refractivity contribution >= 4 is 34.8 Å². The van der Waals surface area contributed by atoms with Crippen molar-refractivity contribution in [2.75, 3.05) is 23.1 Å². The third-order valence-corrected chi connectivity index (χ3v) is 3.44. The third-order valence-electron chi connectivity index (χ3n) is 3.44. The van der Waals surface area contributed by atoms with Crippen LogP contribution in [0.25, 0.3) is 0 Å². The molecular formula is C18H19N3O4. The molecule has 0 saturated carbocycles. The standard InChI is InChI=1S/C18H19N3O4/c1-11-7-8-16(25-3)15(9-11)20-17(23)18(24)21(12(2)22)14-6-4-5-13(19)10-14/h4-10H,19H2,1-3H3,(H,20,23). The van der Waals surface area contributed by atoms with Gasteiger partial charge in [-0.05, 0) is 42.8 Å². The van der Waals surface area contributed by atoms with E-state index in [4.69, 9.17) is 10.5 Å². The number of hydrogen-bond acceptors (Lipinski definition) is 5. The average Bonchev–Trinajstić information content (AvgIpc) is 2.55. The summed E-state index contributed by atoms with van der Waals surface area (Å²) in [4.78, 5) is 37.5. The largest absolute Gasteiger partial charge is 0.495 e. The van der Waals surface area contributed by atoms with E-state index in [9.17, 15) is 14.4 Å². The zero-order chi connectivity index (χ0) is 18.6. The number of benzene rings is 2. The summed E-state index contributed by atoms with van der Waals surface area (Å²) in [5, 5.41) is 2.48. The van der Waals surface area contributed by atoms with Gasteiger partial charge >= 0.3 is 11.8 Å². The van der Waals surface area contributed by atoms with Gasteiger partial charge in [-0.2, -0.15) is 0 Å². The molecule has 2 aromatic carbocycles. The lowest BCUT2D eigenvalue weighted by molar-refractivity contribution is -0.136. The van der Waals surface area contributed by atoms with Gasteiger partial charge in [0.25, 0.3) is 0 Å². The molecule has 0 unspecified atom stereocenters. The van der Waals surface area contributed by atoms with Crippen LogP contribution in [-0.4, -0.2) is 24.8 Å². The van der Waals surface area contributed by atoms with Gasteiger partial charge < -0.3 is 15.8 Å². The molecule has 130 valence electrons. The van der Waals surface area contributed by atoms with Crippen LogP contribution in [0.3, 0.4) is 0 Å². The van der Waals surface area contributed by atoms with Crippen LogP contribution >= 0.6 is 0 Å². The van der Waals surface area contributed by atoms with Gasteiger partial charge in [-0.25, -0.2) is 4.90 Å². The van der Waals surface area contributed by atoms with Crippen molar-refractivity contribution in [2.24, 2.45) is 0 Å². The molecule has 0 aliphatic carbocycles. The molecule has 0 spiro atoms. The Morgan fingerprint density at radius 3 is 2.44 bits per heavy atom. The minimum atomic E-state index is -1.01. The van der Waals surface area contributed by atoms with E-state index in [-0.39, 0.29) is 5.69 Å². The molecule has 2 aromatic rings. The lowest BCUT2D eigenvalue weighted by atomic mass is 10.2. The number of imide groups is 1. The number of aryl methyl sites for hydroxylation is 1. The van der Waals surface area contributed by atoms with Crippen LogP contribution in [0, 0.1) is 6.92 Å². The number of methoxy groups -OCH3 is 1. The van der Waals surface area contributed by atoms with Gasteiger partial charge in [0.05, 0.1) is 18.5 Å². The second kappa shape index (κ2) is 7.48. The van der Waals surface area contributed by atoms with Gasteiger partial charge in [0.15, 0.2) is 0 Å². The minimum absolute atomic E-state index is 0.226. The monoisotopic (exact) mass is 341 g/mol. The predicted octanol–water partition coefficient (Wildman–Crippen LogP) is 2.10. The maximum absolute atomic E-state index is 12.5. The van der Waals surface area contributed by atoms with Gasteiger partial charge in [0, 0.05) is 12.6 Å². The summed E-state index contributed by atoms with van der Waals surface area (Å²) in [7, 11) is 1.46. The number of nitrogen functional groups attached to an aromatic ring is 1. The molecule has 0 atom stereocenters. The van der Waals surface area contributed by atoms with E-state index < -0.39 is 17.7 Å². The van der Waals surface area contributed by atoms with Crippen molar-refractivity contribution < 1.29 is 19.1 Å². The Kier molecular flexibility index (Phi) is 5.38. The minimum Gasteiger partial charge on any atom is -0.495 e. The molecule has 7 nitrogen and oxygen atoms in total. The van der Waals surface area contributed by atoms with E-state index in [2.05, 4.69) is 5.32 Å². The van der Waals surface area contributed by atoms with E-state index in [1.807, 2.05) is 13.0 Å². The number of amides is 3. The highest BCUT2D eigenvalue weighted by molar-refractivity contribution is 6.48. The summed E-state index contributed by atoms with van der Waals surface area (Å²) in [6.07, 6.45) is 0. The second-order valence-corrected chi connectivity index (χ2v) is 5.41. The number of rotatable bonds is 3. The molecule has 7 heteroatoms. The fourth-order valence-electron chi connectivity index (χ4n) is 2.30. The SMILES string of the molecule is COc1ccc(C)cc1NC(=O)C(=O)N(C(C)=O)c1cccc(N)c1. The van der Waals surface area contributed by atoms with Crippen molar-refractivity contribution in [3.8, 4) is 5.75 Å². The maximum atomic E-state index is 12.5. The summed E-state index contributed by atoms with van der Waals surface area (Å²) >= 11 is 0. The first kappa shape index (κ1) is 18.0. The van der Waals surface area contributed by atoms with E-state index in [1.54, 1.807) is 24.3 Å². The zero-order valence-corrected chi connectivity index (χ0v) is 14.2. The summed E-state index contributed by atoms with van der Waals surface area (Å²) in [6, 6.07) is 11.3. The van der Waals surface area contributed by atoms with Crippen LogP contribution in [-0.2, 0) is 14.4 Å². The normalized spacial score (nSPS) is 10.0. The fraction of sp³-hybridized carbons (Fsp3) is 0.167. The van der Waals surface area contributed by atoms with Crippen molar-refractivity contribution in [2.45, 2.75) is 13.8 Å². The van der Waals surface area contributed by atoms with Crippen LogP contribution in [0.1, 0.15) is 12.5 Å². The van der Waals surface area contributed by atoms with Gasteiger partial charge in [-0.15, -0.1) is 0 Å². The number of anilines is 3. The van der Waals surface area contributed by atoms with Crippen LogP contribution in [0.15, 0.2) is 42.5 Å². The highest BCUT2D eigenvalue weighted by atomic mass is 16.5. The smallest absolute Gasteiger partial charge is 0.323 e. The van der Waals surface area contributed by atoms with Crippen molar-refractivity contribution in [1.82, 2.24) is 0 Å². The molecule has 2 rings (SSSR count). The van der Waals surface area contributed by atoms with Gasteiger partial charge in [0.2, 0.25) is 5.91 Å². The molecule has 0 bridgehead atoms. The summed E-state index contributed by atoms with van der Waals surface area (Å²) in [5.41, 5.74) is 7.50. The topological polar surface area (TPSA) is 102 Å². The number of nitrogens with two attached hydrogens (primary N) is 1. The number of ether oxygens (including phenoxy) is 1. The van der Waals surface area contributed by atoms with Crippen LogP contribution < -0.4 is 20.7 Å². The van der Waals surface area contributed by atoms with Gasteiger partial charge in [0.1, 0.15) is 5.75 Å². The van der Waals surface area contributed by atoms with E-state index >= 15 is 0 Å². The zero-order valence-electron chi connectivity index (χ0n) is 14.2. The summed E-state index contributed by atoms with van der Waals surface area (Å²) in [5.74, 6) is -2.16. The van der Waals surface area contributed by atoms with Crippen molar-refractivity contribution in [3.63, 3.8) is 0 Å². The van der Waals surface area contributed by atoms with Gasteiger partial charge in [-0.1, -0.05) is 12.1 Å². The summed E-state index contributed by atoms with van der Waals surface area (Å²) in [6.45, 7) is 3.03. The van der Waals surface area contributed by atoms with Crippen LogP contribution in [0.5, 0.6) is 5.75 Å². The molecule has 0 radical (unpaired) electrons. The number of nitrogens with zero attached hydrogens (tertiary/aromatic N) is 1. The van der Waals surface area contributed by atoms with Gasteiger partial charge in [-0.3, -0.25) is 14.4 Å². The molecule has 0 heterocycles. The fourth-order valence-corrected chi connectivity index (χ4v) is 2.30. The highest BCUT2D eigenvalue weighted by Crippen LogP contribution is 2.25. The van der Waals surface area contributed by atoms with E-state index in [0.29, 0.717) is 17.1 Å². The number of nitrogens with one attached hydrogen (secondary N) is 1. The van der Waals surface area contributed by atoms with E-state index in [0.717, 1.165) is 10.5 Å². The van der Waals surface area contributed by atoms with Crippen molar-refractivity contribution in [3.05, 3.63) is 48.0 Å². The van der Waals surface area contributed by atoms with Crippen LogP contribution in [0.4, 0.5) is 17.1 Å². The quantitative estimate of drug-likeness (QED) is 0.657. The molecule has 3 amide bonds. The Labute approximate surface area is 145 Å². The Morgan fingerprint density at radius 1 is 1.12 bits per heavy atom. The van der Waals surface area contributed by atoms with Crippen LogP contribution in [0.2, 0.25) is 0 Å². The Bertz CT molecular complexity index is 833. The first-order valence-corrected chi connectivity index (χ1v) is 7.49. The molecule has 25 heavy (non-hydrogen) atoms. The molecule has 0 aromatic heterocycles. The molecule has 0 aliphatic rings.